The highest BCUT2D eigenvalue weighted by Crippen LogP contribution is 2.14. The van der Waals surface area contributed by atoms with Crippen LogP contribution in [0.4, 0.5) is 5.95 Å². The van der Waals surface area contributed by atoms with Gasteiger partial charge in [-0.3, -0.25) is 10.1 Å². The van der Waals surface area contributed by atoms with Crippen LogP contribution in [0.5, 0.6) is 0 Å². The summed E-state index contributed by atoms with van der Waals surface area (Å²) in [7, 11) is 0. The number of amides is 1. The van der Waals surface area contributed by atoms with E-state index < -0.39 is 0 Å². The zero-order chi connectivity index (χ0) is 12.5. The van der Waals surface area contributed by atoms with E-state index in [0.717, 1.165) is 11.0 Å². The number of benzene rings is 1. The summed E-state index contributed by atoms with van der Waals surface area (Å²) in [6.45, 7) is 1.73. The van der Waals surface area contributed by atoms with Gasteiger partial charge in [-0.1, -0.05) is 17.3 Å². The SMILES string of the molecule is Cc1cc(C(=O)Nc2nc3ccccc3[nH]2)no1. The predicted molar refractivity (Wildman–Crippen MR) is 65.3 cm³/mol. The second-order valence-corrected chi connectivity index (χ2v) is 3.88. The summed E-state index contributed by atoms with van der Waals surface area (Å²) in [4.78, 5) is 19.1. The number of H-pyrrole nitrogens is 1. The molecule has 0 aliphatic carbocycles. The Morgan fingerprint density at radius 2 is 2.22 bits per heavy atom. The number of nitrogens with one attached hydrogen (secondary N) is 2. The van der Waals surface area contributed by atoms with Crippen molar-refractivity contribution in [3.05, 3.63) is 41.8 Å². The van der Waals surface area contributed by atoms with Crippen LogP contribution in [0.2, 0.25) is 0 Å². The molecule has 0 spiro atoms. The van der Waals surface area contributed by atoms with E-state index in [1.165, 1.54) is 0 Å². The van der Waals surface area contributed by atoms with Crippen molar-refractivity contribution < 1.29 is 9.32 Å². The lowest BCUT2D eigenvalue weighted by Gasteiger charge is -1.96. The summed E-state index contributed by atoms with van der Waals surface area (Å²) in [6, 6.07) is 9.10. The van der Waals surface area contributed by atoms with E-state index in [4.69, 9.17) is 4.52 Å². The van der Waals surface area contributed by atoms with E-state index in [-0.39, 0.29) is 11.6 Å². The van der Waals surface area contributed by atoms with Gasteiger partial charge in [-0.25, -0.2) is 4.98 Å². The molecule has 1 aromatic carbocycles. The molecule has 90 valence electrons. The molecule has 6 nitrogen and oxygen atoms in total. The molecule has 2 N–H and O–H groups in total. The molecule has 3 rings (SSSR count). The summed E-state index contributed by atoms with van der Waals surface area (Å²) in [5.41, 5.74) is 1.89. The van der Waals surface area contributed by atoms with Crippen molar-refractivity contribution in [2.24, 2.45) is 0 Å². The number of aryl methyl sites for hydroxylation is 1. The summed E-state index contributed by atoms with van der Waals surface area (Å²) in [6.07, 6.45) is 0. The largest absolute Gasteiger partial charge is 0.361 e. The van der Waals surface area contributed by atoms with E-state index in [9.17, 15) is 4.79 Å². The normalized spacial score (nSPS) is 10.7. The number of hydrogen-bond acceptors (Lipinski definition) is 4. The Hall–Kier alpha value is -2.63. The molecule has 0 bridgehead atoms. The van der Waals surface area contributed by atoms with Crippen molar-refractivity contribution in [3.8, 4) is 0 Å². The average Bonchev–Trinajstić information content (AvgIpc) is 2.94. The van der Waals surface area contributed by atoms with Gasteiger partial charge in [0.2, 0.25) is 5.95 Å². The number of carbonyl (C=O) groups excluding carboxylic acids is 1. The first-order valence-electron chi connectivity index (χ1n) is 5.42. The minimum absolute atomic E-state index is 0.230. The lowest BCUT2D eigenvalue weighted by molar-refractivity contribution is 0.101. The van der Waals surface area contributed by atoms with Gasteiger partial charge in [0.05, 0.1) is 11.0 Å². The number of carbonyl (C=O) groups is 1. The van der Waals surface area contributed by atoms with Crippen LogP contribution < -0.4 is 5.32 Å². The van der Waals surface area contributed by atoms with E-state index in [1.54, 1.807) is 13.0 Å². The summed E-state index contributed by atoms with van der Waals surface area (Å²) < 4.78 is 4.84. The van der Waals surface area contributed by atoms with E-state index in [1.807, 2.05) is 24.3 Å². The third-order valence-corrected chi connectivity index (χ3v) is 2.48. The van der Waals surface area contributed by atoms with Crippen LogP contribution in [0, 0.1) is 6.92 Å². The molecule has 2 aromatic heterocycles. The molecule has 0 fully saturated rings. The zero-order valence-corrected chi connectivity index (χ0v) is 9.60. The van der Waals surface area contributed by atoms with Crippen molar-refractivity contribution in [1.29, 1.82) is 0 Å². The number of aromatic amines is 1. The van der Waals surface area contributed by atoms with Gasteiger partial charge in [0, 0.05) is 6.07 Å². The molecule has 0 aliphatic heterocycles. The van der Waals surface area contributed by atoms with Gasteiger partial charge >= 0.3 is 0 Å². The molecule has 0 saturated heterocycles. The molecular weight excluding hydrogens is 232 g/mol. The fourth-order valence-corrected chi connectivity index (χ4v) is 1.66. The third kappa shape index (κ3) is 1.84. The minimum atomic E-state index is -0.356. The highest BCUT2D eigenvalue weighted by Gasteiger charge is 2.12. The van der Waals surface area contributed by atoms with Gasteiger partial charge in [0.15, 0.2) is 5.69 Å². The second-order valence-electron chi connectivity index (χ2n) is 3.88. The number of para-hydroxylation sites is 2. The number of anilines is 1. The summed E-state index contributed by atoms with van der Waals surface area (Å²) in [5, 5.41) is 6.27. The first-order chi connectivity index (χ1) is 8.72. The summed E-state index contributed by atoms with van der Waals surface area (Å²) in [5.74, 6) is 0.623. The first kappa shape index (κ1) is 10.5. The molecule has 0 radical (unpaired) electrons. The maximum Gasteiger partial charge on any atom is 0.280 e. The van der Waals surface area contributed by atoms with E-state index in [0.29, 0.717) is 11.7 Å². The monoisotopic (exact) mass is 242 g/mol. The quantitative estimate of drug-likeness (QED) is 0.720. The van der Waals surface area contributed by atoms with Gasteiger partial charge in [-0.2, -0.15) is 0 Å². The lowest BCUT2D eigenvalue weighted by Crippen LogP contribution is -2.13. The molecule has 0 saturated carbocycles. The number of imidazole rings is 1. The van der Waals surface area contributed by atoms with Crippen LogP contribution in [0.1, 0.15) is 16.2 Å². The fraction of sp³-hybridized carbons (Fsp3) is 0.0833. The Bertz CT molecular complexity index is 681. The van der Waals surface area contributed by atoms with E-state index >= 15 is 0 Å². The fourth-order valence-electron chi connectivity index (χ4n) is 1.66. The number of hydrogen-bond donors (Lipinski definition) is 2. The maximum absolute atomic E-state index is 11.8. The highest BCUT2D eigenvalue weighted by atomic mass is 16.5. The van der Waals surface area contributed by atoms with Gasteiger partial charge in [0.1, 0.15) is 5.76 Å². The molecule has 18 heavy (non-hydrogen) atoms. The van der Waals surface area contributed by atoms with Crippen molar-refractivity contribution in [2.45, 2.75) is 6.92 Å². The Balaban J connectivity index is 1.86. The number of nitrogens with zero attached hydrogens (tertiary/aromatic N) is 2. The molecule has 1 amide bonds. The van der Waals surface area contributed by atoms with Crippen molar-refractivity contribution >= 4 is 22.9 Å². The standard InChI is InChI=1S/C12H10N4O2/c1-7-6-10(16-18-7)11(17)15-12-13-8-4-2-3-5-9(8)14-12/h2-6H,1H3,(H2,13,14,15,17). The smallest absolute Gasteiger partial charge is 0.280 e. The topological polar surface area (TPSA) is 83.8 Å². The number of aromatic nitrogens is 3. The van der Waals surface area contributed by atoms with Crippen molar-refractivity contribution in [1.82, 2.24) is 15.1 Å². The van der Waals surface area contributed by atoms with Gasteiger partial charge in [-0.15, -0.1) is 0 Å². The predicted octanol–water partition coefficient (Wildman–Crippen LogP) is 2.11. The average molecular weight is 242 g/mol. The molecule has 2 heterocycles. The number of fused-ring (bicyclic) bond motifs is 1. The van der Waals surface area contributed by atoms with E-state index in [2.05, 4.69) is 20.4 Å². The summed E-state index contributed by atoms with van der Waals surface area (Å²) >= 11 is 0. The zero-order valence-electron chi connectivity index (χ0n) is 9.60. The highest BCUT2D eigenvalue weighted by molar-refractivity contribution is 6.02. The minimum Gasteiger partial charge on any atom is -0.361 e. The van der Waals surface area contributed by atoms with Crippen LogP contribution in [0.3, 0.4) is 0 Å². The van der Waals surface area contributed by atoms with Crippen LogP contribution in [0.25, 0.3) is 11.0 Å². The first-order valence-corrected chi connectivity index (χ1v) is 5.42. The van der Waals surface area contributed by atoms with Gasteiger partial charge in [0.25, 0.3) is 5.91 Å². The Kier molecular flexibility index (Phi) is 2.33. The van der Waals surface area contributed by atoms with Crippen LogP contribution in [-0.2, 0) is 0 Å². The lowest BCUT2D eigenvalue weighted by atomic mass is 10.3. The van der Waals surface area contributed by atoms with Crippen LogP contribution in [-0.4, -0.2) is 21.0 Å². The molecule has 6 heteroatoms. The van der Waals surface area contributed by atoms with Crippen LogP contribution >= 0.6 is 0 Å². The molecule has 0 atom stereocenters. The van der Waals surface area contributed by atoms with Gasteiger partial charge in [-0.05, 0) is 19.1 Å². The Labute approximate surface area is 102 Å². The Morgan fingerprint density at radius 3 is 2.94 bits per heavy atom. The molecule has 0 unspecified atom stereocenters. The molecule has 0 aliphatic rings. The second kappa shape index (κ2) is 3.99. The molecule has 3 aromatic rings. The van der Waals surface area contributed by atoms with Crippen LogP contribution in [0.15, 0.2) is 34.9 Å². The van der Waals surface area contributed by atoms with Crippen molar-refractivity contribution in [3.63, 3.8) is 0 Å². The number of rotatable bonds is 2. The maximum atomic E-state index is 11.8. The van der Waals surface area contributed by atoms with Gasteiger partial charge < -0.3 is 9.51 Å². The van der Waals surface area contributed by atoms with Crippen molar-refractivity contribution in [2.75, 3.05) is 5.32 Å². The molecular formula is C12H10N4O2. The Morgan fingerprint density at radius 1 is 1.39 bits per heavy atom. The third-order valence-electron chi connectivity index (χ3n) is 2.48.